The third kappa shape index (κ3) is 2.70. The van der Waals surface area contributed by atoms with Gasteiger partial charge in [0.15, 0.2) is 0 Å². The summed E-state index contributed by atoms with van der Waals surface area (Å²) in [5, 5.41) is 9.77. The van der Waals surface area contributed by atoms with E-state index in [1.165, 1.54) is 6.92 Å². The summed E-state index contributed by atoms with van der Waals surface area (Å²) in [4.78, 5) is -0.543. The summed E-state index contributed by atoms with van der Waals surface area (Å²) in [7, 11) is -4.06. The SMILES string of the molecule is Cc1cc(S(=O)(=O)N2CCC(C)C(O)C2)c(F)cc1F. The fraction of sp³-hybridized carbons (Fsp3) is 0.538. The van der Waals surface area contributed by atoms with Crippen molar-refractivity contribution in [3.63, 3.8) is 0 Å². The van der Waals surface area contributed by atoms with Gasteiger partial charge in [0.05, 0.1) is 6.10 Å². The Kier molecular flexibility index (Phi) is 4.13. The molecule has 0 bridgehead atoms. The molecular weight excluding hydrogens is 288 g/mol. The third-order valence-corrected chi connectivity index (χ3v) is 5.59. The fourth-order valence-electron chi connectivity index (χ4n) is 2.21. The Hall–Kier alpha value is -1.05. The molecule has 0 aromatic heterocycles. The largest absolute Gasteiger partial charge is 0.391 e. The standard InChI is InChI=1S/C13H17F2NO3S/c1-8-3-4-16(7-12(8)17)20(18,19)13-5-9(2)10(14)6-11(13)15/h5-6,8,12,17H,3-4,7H2,1-2H3. The molecule has 7 heteroatoms. The highest BCUT2D eigenvalue weighted by atomic mass is 32.2. The smallest absolute Gasteiger partial charge is 0.246 e. The molecule has 1 saturated heterocycles. The number of aryl methyl sites for hydroxylation is 1. The quantitative estimate of drug-likeness (QED) is 0.904. The van der Waals surface area contributed by atoms with E-state index in [9.17, 15) is 22.3 Å². The second kappa shape index (κ2) is 5.38. The van der Waals surface area contributed by atoms with Crippen molar-refractivity contribution >= 4 is 10.0 Å². The molecule has 2 atom stereocenters. The first-order chi connectivity index (χ1) is 9.23. The zero-order chi connectivity index (χ0) is 15.1. The number of hydrogen-bond acceptors (Lipinski definition) is 3. The Bertz CT molecular complexity index is 618. The van der Waals surface area contributed by atoms with E-state index < -0.39 is 32.7 Å². The van der Waals surface area contributed by atoms with Gasteiger partial charge in [0.1, 0.15) is 16.5 Å². The van der Waals surface area contributed by atoms with Gasteiger partial charge < -0.3 is 5.11 Å². The van der Waals surface area contributed by atoms with Crippen molar-refractivity contribution in [2.75, 3.05) is 13.1 Å². The number of nitrogens with zero attached hydrogens (tertiary/aromatic N) is 1. The van der Waals surface area contributed by atoms with E-state index in [0.29, 0.717) is 12.5 Å². The first-order valence-corrected chi connectivity index (χ1v) is 7.81. The number of aliphatic hydroxyl groups excluding tert-OH is 1. The number of piperidine rings is 1. The van der Waals surface area contributed by atoms with Gasteiger partial charge in [-0.3, -0.25) is 0 Å². The van der Waals surface area contributed by atoms with E-state index in [-0.39, 0.29) is 24.6 Å². The van der Waals surface area contributed by atoms with Crippen molar-refractivity contribution < 1.29 is 22.3 Å². The Morgan fingerprint density at radius 1 is 1.30 bits per heavy atom. The van der Waals surface area contributed by atoms with E-state index >= 15 is 0 Å². The molecule has 112 valence electrons. The maximum atomic E-state index is 13.7. The van der Waals surface area contributed by atoms with Crippen molar-refractivity contribution in [2.24, 2.45) is 5.92 Å². The van der Waals surface area contributed by atoms with Crippen LogP contribution >= 0.6 is 0 Å². The molecule has 1 heterocycles. The molecule has 1 aromatic rings. The highest BCUT2D eigenvalue weighted by Gasteiger charge is 2.34. The van der Waals surface area contributed by atoms with E-state index in [0.717, 1.165) is 10.4 Å². The highest BCUT2D eigenvalue weighted by Crippen LogP contribution is 2.26. The van der Waals surface area contributed by atoms with E-state index in [2.05, 4.69) is 0 Å². The lowest BCUT2D eigenvalue weighted by molar-refractivity contribution is 0.0604. The van der Waals surface area contributed by atoms with Crippen LogP contribution in [0.15, 0.2) is 17.0 Å². The minimum absolute atomic E-state index is 0.00116. The number of sulfonamides is 1. The van der Waals surface area contributed by atoms with Gasteiger partial charge in [-0.05, 0) is 30.9 Å². The fourth-order valence-corrected chi connectivity index (χ4v) is 3.81. The van der Waals surface area contributed by atoms with Crippen LogP contribution in [0.2, 0.25) is 0 Å². The van der Waals surface area contributed by atoms with Crippen molar-refractivity contribution in [3.8, 4) is 0 Å². The molecule has 0 radical (unpaired) electrons. The number of hydrogen-bond donors (Lipinski definition) is 1. The average molecular weight is 305 g/mol. The van der Waals surface area contributed by atoms with Gasteiger partial charge in [-0.25, -0.2) is 17.2 Å². The van der Waals surface area contributed by atoms with Gasteiger partial charge in [0.2, 0.25) is 10.0 Å². The molecule has 2 rings (SSSR count). The highest BCUT2D eigenvalue weighted by molar-refractivity contribution is 7.89. The van der Waals surface area contributed by atoms with Crippen LogP contribution in [0.3, 0.4) is 0 Å². The van der Waals surface area contributed by atoms with Crippen molar-refractivity contribution in [1.29, 1.82) is 0 Å². The molecule has 1 N–H and O–H groups in total. The van der Waals surface area contributed by atoms with Crippen LogP contribution in [0, 0.1) is 24.5 Å². The lowest BCUT2D eigenvalue weighted by Gasteiger charge is -2.33. The molecule has 0 saturated carbocycles. The lowest BCUT2D eigenvalue weighted by Crippen LogP contribution is -2.45. The van der Waals surface area contributed by atoms with Crippen molar-refractivity contribution in [2.45, 2.75) is 31.3 Å². The van der Waals surface area contributed by atoms with Crippen LogP contribution in [0.25, 0.3) is 0 Å². The summed E-state index contributed by atoms with van der Waals surface area (Å²) in [5.74, 6) is -1.89. The molecule has 1 aliphatic rings. The molecule has 0 aliphatic carbocycles. The maximum absolute atomic E-state index is 13.7. The van der Waals surface area contributed by atoms with E-state index in [1.807, 2.05) is 6.92 Å². The molecule has 0 amide bonds. The molecule has 4 nitrogen and oxygen atoms in total. The summed E-state index contributed by atoms with van der Waals surface area (Å²) < 4.78 is 52.8. The normalized spacial score (nSPS) is 24.9. The second-order valence-corrected chi connectivity index (χ2v) is 7.13. The zero-order valence-electron chi connectivity index (χ0n) is 11.3. The Morgan fingerprint density at radius 2 is 1.95 bits per heavy atom. The number of rotatable bonds is 2. The third-order valence-electron chi connectivity index (χ3n) is 3.71. The van der Waals surface area contributed by atoms with Crippen LogP contribution in [-0.4, -0.2) is 37.0 Å². The van der Waals surface area contributed by atoms with Crippen molar-refractivity contribution in [3.05, 3.63) is 29.3 Å². The van der Waals surface area contributed by atoms with Crippen LogP contribution in [0.4, 0.5) is 8.78 Å². The molecule has 1 aliphatic heterocycles. The van der Waals surface area contributed by atoms with Gasteiger partial charge >= 0.3 is 0 Å². The van der Waals surface area contributed by atoms with Crippen LogP contribution < -0.4 is 0 Å². The number of β-amino-alcohol motifs (C(OH)–C–C–N with tert-alkyl or cyclic N) is 1. The summed E-state index contributed by atoms with van der Waals surface area (Å²) in [6, 6.07) is 1.57. The van der Waals surface area contributed by atoms with Crippen LogP contribution in [0.1, 0.15) is 18.9 Å². The number of halogens is 2. The topological polar surface area (TPSA) is 57.6 Å². The predicted molar refractivity (Wildman–Crippen MR) is 69.6 cm³/mol. The minimum Gasteiger partial charge on any atom is -0.391 e. The summed E-state index contributed by atoms with van der Waals surface area (Å²) >= 11 is 0. The predicted octanol–water partition coefficient (Wildman–Crippen LogP) is 1.66. The molecule has 0 spiro atoms. The first-order valence-electron chi connectivity index (χ1n) is 6.37. The Balaban J connectivity index is 2.38. The summed E-state index contributed by atoms with van der Waals surface area (Å²) in [6.07, 6.45) is -0.273. The second-order valence-electron chi connectivity index (χ2n) is 5.23. The molecule has 2 unspecified atom stereocenters. The van der Waals surface area contributed by atoms with Gasteiger partial charge in [-0.15, -0.1) is 0 Å². The van der Waals surface area contributed by atoms with Gasteiger partial charge in [-0.2, -0.15) is 4.31 Å². The van der Waals surface area contributed by atoms with Gasteiger partial charge in [0.25, 0.3) is 0 Å². The van der Waals surface area contributed by atoms with Gasteiger partial charge in [-0.1, -0.05) is 6.92 Å². The first kappa shape index (κ1) is 15.3. The lowest BCUT2D eigenvalue weighted by atomic mass is 9.98. The average Bonchev–Trinajstić information content (AvgIpc) is 2.36. The van der Waals surface area contributed by atoms with Gasteiger partial charge in [0, 0.05) is 19.2 Å². The zero-order valence-corrected chi connectivity index (χ0v) is 12.1. The molecule has 1 fully saturated rings. The summed E-state index contributed by atoms with van der Waals surface area (Å²) in [6.45, 7) is 3.36. The monoisotopic (exact) mass is 305 g/mol. The maximum Gasteiger partial charge on any atom is 0.246 e. The molecule has 1 aromatic carbocycles. The van der Waals surface area contributed by atoms with Crippen LogP contribution in [0.5, 0.6) is 0 Å². The Labute approximate surface area is 117 Å². The number of aliphatic hydroxyl groups is 1. The Morgan fingerprint density at radius 3 is 2.55 bits per heavy atom. The van der Waals surface area contributed by atoms with E-state index in [4.69, 9.17) is 0 Å². The summed E-state index contributed by atoms with van der Waals surface area (Å²) in [5.41, 5.74) is 0.0656. The van der Waals surface area contributed by atoms with Crippen LogP contribution in [-0.2, 0) is 10.0 Å². The minimum atomic E-state index is -4.06. The van der Waals surface area contributed by atoms with Crippen molar-refractivity contribution in [1.82, 2.24) is 4.31 Å². The molecule has 20 heavy (non-hydrogen) atoms. The van der Waals surface area contributed by atoms with E-state index in [1.54, 1.807) is 0 Å². The number of benzene rings is 1. The molecular formula is C13H17F2NO3S.